The number of urea groups is 1. The van der Waals surface area contributed by atoms with Gasteiger partial charge in [0.2, 0.25) is 5.91 Å². The zero-order valence-electron chi connectivity index (χ0n) is 19.8. The Kier molecular flexibility index (Phi) is 5.77. The number of nitrogens with one attached hydrogen (secondary N) is 2. The number of carbonyl (C=O) groups is 3. The Bertz CT molecular complexity index is 1280. The van der Waals surface area contributed by atoms with Crippen LogP contribution in [0, 0.1) is 12.7 Å². The van der Waals surface area contributed by atoms with Gasteiger partial charge in [0.25, 0.3) is 5.91 Å². The number of halogens is 1. The van der Waals surface area contributed by atoms with Gasteiger partial charge in [-0.05, 0) is 69.2 Å². The van der Waals surface area contributed by atoms with Gasteiger partial charge in [0.15, 0.2) is 0 Å². The molecular weight excluding hydrogens is 435 g/mol. The topological polar surface area (TPSA) is 81.8 Å². The largest absolute Gasteiger partial charge is 0.365 e. The molecule has 0 unspecified atom stereocenters. The highest BCUT2D eigenvalue weighted by molar-refractivity contribution is 6.16. The van der Waals surface area contributed by atoms with Crippen LogP contribution in [0.15, 0.2) is 48.2 Å². The number of fused-ring (bicyclic) bond motifs is 1. The van der Waals surface area contributed by atoms with Gasteiger partial charge in [-0.3, -0.25) is 9.59 Å². The molecule has 2 aliphatic heterocycles. The summed E-state index contributed by atoms with van der Waals surface area (Å²) in [5.74, 6) is -1.71. The number of rotatable bonds is 4. The normalized spacial score (nSPS) is 18.1. The summed E-state index contributed by atoms with van der Waals surface area (Å²) in [7, 11) is 1.90. The zero-order valence-corrected chi connectivity index (χ0v) is 19.8. The molecule has 2 N–H and O–H groups in total. The van der Waals surface area contributed by atoms with Gasteiger partial charge in [-0.15, -0.1) is 0 Å². The number of aryl methyl sites for hydroxylation is 1. The Balaban J connectivity index is 1.56. The van der Waals surface area contributed by atoms with Gasteiger partial charge in [0, 0.05) is 29.5 Å². The average Bonchev–Trinajstić information content (AvgIpc) is 3.00. The number of amides is 4. The second kappa shape index (κ2) is 8.44. The highest BCUT2D eigenvalue weighted by atomic mass is 19.1. The smallest absolute Gasteiger partial charge is 0.329 e. The first-order chi connectivity index (χ1) is 16.0. The van der Waals surface area contributed by atoms with E-state index in [1.165, 1.54) is 12.1 Å². The maximum Gasteiger partial charge on any atom is 0.329 e. The van der Waals surface area contributed by atoms with E-state index >= 15 is 0 Å². The second-order valence-electron chi connectivity index (χ2n) is 9.23. The number of anilines is 2. The summed E-state index contributed by atoms with van der Waals surface area (Å²) in [4.78, 5) is 40.4. The van der Waals surface area contributed by atoms with Crippen LogP contribution in [-0.4, -0.2) is 41.9 Å². The van der Waals surface area contributed by atoms with E-state index in [-0.39, 0.29) is 16.8 Å². The first kappa shape index (κ1) is 23.2. The summed E-state index contributed by atoms with van der Waals surface area (Å²) in [6, 6.07) is 9.56. The molecule has 2 heterocycles. The standard InChI is InChI=1S/C26H27FN4O3/c1-15-7-6-8-18(9-15)28-23(32)14-31-24(33)21(29-25(31)34)11-17-10-19-16(2)13-26(3,4)30(5)22(19)12-20(17)27/h6-13H,14H2,1-5H3,(H,28,32)(H,29,34)/b21-11+. The van der Waals surface area contributed by atoms with E-state index in [0.29, 0.717) is 5.69 Å². The number of imide groups is 1. The molecule has 2 aromatic carbocycles. The fraction of sp³-hybridized carbons (Fsp3) is 0.269. The molecule has 4 amide bonds. The number of likely N-dealkylation sites (N-methyl/N-ethyl adjacent to an activating group) is 1. The third-order valence-corrected chi connectivity index (χ3v) is 6.20. The van der Waals surface area contributed by atoms with Gasteiger partial charge in [0.1, 0.15) is 18.1 Å². The minimum absolute atomic E-state index is 0.0849. The van der Waals surface area contributed by atoms with Crippen molar-refractivity contribution in [3.8, 4) is 0 Å². The SMILES string of the molecule is CC1=CC(C)(C)N(C)c2cc(F)c(/C=C3/NC(=O)N(CC(=O)Nc4cccc(C)c4)C3=O)cc21. The number of carbonyl (C=O) groups excluding carboxylic acids is 3. The van der Waals surface area contributed by atoms with Gasteiger partial charge in [0.05, 0.1) is 5.54 Å². The molecule has 0 bridgehead atoms. The van der Waals surface area contributed by atoms with E-state index in [4.69, 9.17) is 0 Å². The summed E-state index contributed by atoms with van der Waals surface area (Å²) < 4.78 is 15.0. The highest BCUT2D eigenvalue weighted by Gasteiger charge is 2.35. The number of allylic oxidation sites excluding steroid dienone is 1. The van der Waals surface area contributed by atoms with Crippen LogP contribution in [0.4, 0.5) is 20.6 Å². The number of nitrogens with zero attached hydrogens (tertiary/aromatic N) is 2. The van der Waals surface area contributed by atoms with Crippen molar-refractivity contribution in [2.45, 2.75) is 33.2 Å². The van der Waals surface area contributed by atoms with Crippen molar-refractivity contribution < 1.29 is 18.8 Å². The summed E-state index contributed by atoms with van der Waals surface area (Å²) >= 11 is 0. The molecule has 2 aliphatic rings. The van der Waals surface area contributed by atoms with Crippen LogP contribution in [-0.2, 0) is 9.59 Å². The van der Waals surface area contributed by atoms with Gasteiger partial charge in [-0.2, -0.15) is 0 Å². The number of hydrogen-bond acceptors (Lipinski definition) is 4. The lowest BCUT2D eigenvalue weighted by atomic mass is 9.88. The number of hydrogen-bond donors (Lipinski definition) is 2. The minimum atomic E-state index is -0.730. The van der Waals surface area contributed by atoms with Crippen molar-refractivity contribution in [3.63, 3.8) is 0 Å². The lowest BCUT2D eigenvalue weighted by Crippen LogP contribution is -2.42. The quantitative estimate of drug-likeness (QED) is 0.525. The molecular formula is C26H27FN4O3. The van der Waals surface area contributed by atoms with Crippen molar-refractivity contribution in [1.82, 2.24) is 10.2 Å². The predicted molar refractivity (Wildman–Crippen MR) is 131 cm³/mol. The Morgan fingerprint density at radius 2 is 1.91 bits per heavy atom. The van der Waals surface area contributed by atoms with Crippen LogP contribution < -0.4 is 15.5 Å². The van der Waals surface area contributed by atoms with Crippen LogP contribution >= 0.6 is 0 Å². The van der Waals surface area contributed by atoms with E-state index in [2.05, 4.69) is 16.7 Å². The molecule has 2 aromatic rings. The van der Waals surface area contributed by atoms with Crippen LogP contribution in [0.1, 0.15) is 37.5 Å². The van der Waals surface area contributed by atoms with E-state index < -0.39 is 30.2 Å². The monoisotopic (exact) mass is 462 g/mol. The molecule has 1 saturated heterocycles. The predicted octanol–water partition coefficient (Wildman–Crippen LogP) is 4.30. The maximum atomic E-state index is 15.0. The molecule has 8 heteroatoms. The van der Waals surface area contributed by atoms with Crippen molar-refractivity contribution in [3.05, 3.63) is 70.7 Å². The van der Waals surface area contributed by atoms with Crippen molar-refractivity contribution in [1.29, 1.82) is 0 Å². The van der Waals surface area contributed by atoms with Crippen LogP contribution in [0.25, 0.3) is 11.6 Å². The first-order valence-corrected chi connectivity index (χ1v) is 10.9. The molecule has 0 aromatic heterocycles. The summed E-state index contributed by atoms with van der Waals surface area (Å²) in [5.41, 5.74) is 3.95. The molecule has 0 aliphatic carbocycles. The summed E-state index contributed by atoms with van der Waals surface area (Å²) in [6.07, 6.45) is 3.41. The molecule has 0 radical (unpaired) electrons. The van der Waals surface area contributed by atoms with Gasteiger partial charge >= 0.3 is 6.03 Å². The molecule has 1 fully saturated rings. The van der Waals surface area contributed by atoms with Crippen molar-refractivity contribution >= 4 is 40.9 Å². The van der Waals surface area contributed by atoms with E-state index in [1.807, 2.05) is 45.7 Å². The molecule has 176 valence electrons. The van der Waals surface area contributed by atoms with E-state index in [0.717, 1.165) is 27.3 Å². The Morgan fingerprint density at radius 1 is 1.18 bits per heavy atom. The fourth-order valence-electron chi connectivity index (χ4n) is 4.24. The maximum absolute atomic E-state index is 15.0. The summed E-state index contributed by atoms with van der Waals surface area (Å²) in [5, 5.41) is 5.12. The molecule has 34 heavy (non-hydrogen) atoms. The van der Waals surface area contributed by atoms with Crippen LogP contribution in [0.3, 0.4) is 0 Å². The Hall–Kier alpha value is -3.94. The van der Waals surface area contributed by atoms with E-state index in [9.17, 15) is 18.8 Å². The molecule has 4 rings (SSSR count). The third kappa shape index (κ3) is 4.31. The minimum Gasteiger partial charge on any atom is -0.365 e. The lowest BCUT2D eigenvalue weighted by Gasteiger charge is -2.40. The van der Waals surface area contributed by atoms with E-state index in [1.54, 1.807) is 24.3 Å². The molecule has 7 nitrogen and oxygen atoms in total. The van der Waals surface area contributed by atoms with Crippen LogP contribution in [0.5, 0.6) is 0 Å². The summed E-state index contributed by atoms with van der Waals surface area (Å²) in [6.45, 7) is 7.48. The van der Waals surface area contributed by atoms with Gasteiger partial charge in [-0.1, -0.05) is 18.2 Å². The van der Waals surface area contributed by atoms with Crippen molar-refractivity contribution in [2.24, 2.45) is 0 Å². The van der Waals surface area contributed by atoms with Gasteiger partial charge < -0.3 is 15.5 Å². The average molecular weight is 463 g/mol. The van der Waals surface area contributed by atoms with Crippen LogP contribution in [0.2, 0.25) is 0 Å². The number of benzene rings is 2. The lowest BCUT2D eigenvalue weighted by molar-refractivity contribution is -0.127. The molecule has 0 spiro atoms. The zero-order chi connectivity index (χ0) is 24.8. The Morgan fingerprint density at radius 3 is 2.62 bits per heavy atom. The Labute approximate surface area is 197 Å². The fourth-order valence-corrected chi connectivity index (χ4v) is 4.24. The second-order valence-corrected chi connectivity index (χ2v) is 9.23. The van der Waals surface area contributed by atoms with Crippen molar-refractivity contribution in [2.75, 3.05) is 23.8 Å². The third-order valence-electron chi connectivity index (χ3n) is 6.20. The molecule has 0 saturated carbocycles. The van der Waals surface area contributed by atoms with Gasteiger partial charge in [-0.25, -0.2) is 14.1 Å². The first-order valence-electron chi connectivity index (χ1n) is 10.9. The highest BCUT2D eigenvalue weighted by Crippen LogP contribution is 2.39. The molecule has 0 atom stereocenters.